The molecule has 1 aromatic rings. The zero-order valence-electron chi connectivity index (χ0n) is 11.8. The van der Waals surface area contributed by atoms with Crippen LogP contribution in [-0.2, 0) is 6.42 Å². The molecule has 2 rings (SSSR count). The molecule has 0 amide bonds. The zero-order chi connectivity index (χ0) is 15.1. The Balaban J connectivity index is 2.27. The van der Waals surface area contributed by atoms with Crippen molar-refractivity contribution in [3.05, 3.63) is 10.6 Å². The highest BCUT2D eigenvalue weighted by atomic mass is 32.1. The van der Waals surface area contributed by atoms with E-state index in [4.69, 9.17) is 0 Å². The van der Waals surface area contributed by atoms with Gasteiger partial charge in [0.1, 0.15) is 6.54 Å². The Morgan fingerprint density at radius 2 is 2.10 bits per heavy atom. The van der Waals surface area contributed by atoms with Crippen LogP contribution in [0.1, 0.15) is 43.9 Å². The van der Waals surface area contributed by atoms with Crippen molar-refractivity contribution < 1.29 is 18.3 Å². The first kappa shape index (κ1) is 15.6. The summed E-state index contributed by atoms with van der Waals surface area (Å²) in [6.45, 7) is 4.98. The molecule has 1 aliphatic carbocycles. The highest BCUT2D eigenvalue weighted by Gasteiger charge is 2.36. The van der Waals surface area contributed by atoms with Crippen molar-refractivity contribution in [2.45, 2.75) is 45.9 Å². The Kier molecular flexibility index (Phi) is 4.03. The number of thiazole rings is 1. The number of nitrogens with zero attached hydrogens (tertiary/aromatic N) is 2. The average molecular weight is 308 g/mol. The van der Waals surface area contributed by atoms with E-state index in [9.17, 15) is 18.3 Å². The van der Waals surface area contributed by atoms with Crippen LogP contribution in [-0.4, -0.2) is 29.4 Å². The van der Waals surface area contributed by atoms with Gasteiger partial charge in [-0.2, -0.15) is 13.2 Å². The van der Waals surface area contributed by atoms with E-state index in [0.29, 0.717) is 18.0 Å². The Morgan fingerprint density at radius 3 is 2.65 bits per heavy atom. The molecule has 1 aliphatic rings. The van der Waals surface area contributed by atoms with Gasteiger partial charge in [-0.05, 0) is 25.2 Å². The van der Waals surface area contributed by atoms with Crippen LogP contribution in [0.15, 0.2) is 0 Å². The van der Waals surface area contributed by atoms with Gasteiger partial charge in [-0.15, -0.1) is 0 Å². The van der Waals surface area contributed by atoms with E-state index in [1.165, 1.54) is 16.2 Å². The fourth-order valence-corrected chi connectivity index (χ4v) is 3.68. The first-order valence-electron chi connectivity index (χ1n) is 6.60. The molecule has 0 radical (unpaired) electrons. The fourth-order valence-electron chi connectivity index (χ4n) is 2.55. The normalized spacial score (nSPS) is 21.6. The molecule has 1 N–H and O–H groups in total. The predicted molar refractivity (Wildman–Crippen MR) is 73.1 cm³/mol. The number of hydrogen-bond acceptors (Lipinski definition) is 4. The van der Waals surface area contributed by atoms with Crippen LogP contribution in [0.2, 0.25) is 0 Å². The molecule has 20 heavy (non-hydrogen) atoms. The summed E-state index contributed by atoms with van der Waals surface area (Å²) in [6, 6.07) is 0. The van der Waals surface area contributed by atoms with Crippen LogP contribution in [0.5, 0.6) is 0 Å². The van der Waals surface area contributed by atoms with E-state index < -0.39 is 18.8 Å². The monoisotopic (exact) mass is 308 g/mol. The summed E-state index contributed by atoms with van der Waals surface area (Å²) in [4.78, 5) is 6.27. The minimum absolute atomic E-state index is 0.0706. The van der Waals surface area contributed by atoms with Crippen molar-refractivity contribution in [2.75, 3.05) is 18.0 Å². The highest BCUT2D eigenvalue weighted by Crippen LogP contribution is 2.44. The summed E-state index contributed by atoms with van der Waals surface area (Å²) in [5.41, 5.74) is 0.674. The van der Waals surface area contributed by atoms with Gasteiger partial charge in [0, 0.05) is 6.54 Å². The Labute approximate surface area is 120 Å². The molecule has 0 bridgehead atoms. The van der Waals surface area contributed by atoms with Gasteiger partial charge >= 0.3 is 6.18 Å². The lowest BCUT2D eigenvalue weighted by Gasteiger charge is -2.31. The van der Waals surface area contributed by atoms with Gasteiger partial charge in [-0.1, -0.05) is 25.2 Å². The number of anilines is 1. The number of hydrogen-bond donors (Lipinski definition) is 1. The van der Waals surface area contributed by atoms with E-state index in [0.717, 1.165) is 10.6 Å². The third kappa shape index (κ3) is 3.44. The molecule has 0 saturated heterocycles. The van der Waals surface area contributed by atoms with Crippen molar-refractivity contribution in [2.24, 2.45) is 5.41 Å². The van der Waals surface area contributed by atoms with Gasteiger partial charge in [-0.3, -0.25) is 0 Å². The van der Waals surface area contributed by atoms with Crippen molar-refractivity contribution >= 4 is 16.5 Å². The molecular weight excluding hydrogens is 289 g/mol. The molecule has 0 saturated carbocycles. The molecule has 1 atom stereocenters. The molecule has 114 valence electrons. The fraction of sp³-hybridized carbons (Fsp3) is 0.769. The van der Waals surface area contributed by atoms with Crippen LogP contribution in [0.25, 0.3) is 0 Å². The first-order chi connectivity index (χ1) is 9.11. The predicted octanol–water partition coefficient (Wildman–Crippen LogP) is 3.54. The maximum atomic E-state index is 12.5. The van der Waals surface area contributed by atoms with E-state index in [1.54, 1.807) is 6.92 Å². The van der Waals surface area contributed by atoms with Crippen molar-refractivity contribution in [3.63, 3.8) is 0 Å². The number of fused-ring (bicyclic) bond motifs is 1. The minimum Gasteiger partial charge on any atom is -0.387 e. The molecule has 1 unspecified atom stereocenters. The Hall–Kier alpha value is -0.820. The summed E-state index contributed by atoms with van der Waals surface area (Å²) < 4.78 is 37.6. The van der Waals surface area contributed by atoms with Crippen molar-refractivity contribution in [3.8, 4) is 0 Å². The smallest absolute Gasteiger partial charge is 0.387 e. The van der Waals surface area contributed by atoms with E-state index in [-0.39, 0.29) is 12.0 Å². The zero-order valence-corrected chi connectivity index (χ0v) is 12.6. The second kappa shape index (κ2) is 5.18. The number of aromatic nitrogens is 1. The summed E-state index contributed by atoms with van der Waals surface area (Å²) in [5, 5.41) is 10.5. The third-order valence-corrected chi connectivity index (χ3v) is 4.69. The second-order valence-electron chi connectivity index (χ2n) is 6.00. The molecular formula is C13H19F3N2OS. The minimum atomic E-state index is -4.25. The molecule has 1 aromatic heterocycles. The number of halogens is 3. The number of aliphatic hydroxyl groups is 1. The maximum absolute atomic E-state index is 12.5. The van der Waals surface area contributed by atoms with Gasteiger partial charge in [-0.25, -0.2) is 4.98 Å². The Morgan fingerprint density at radius 1 is 1.45 bits per heavy atom. The van der Waals surface area contributed by atoms with Gasteiger partial charge < -0.3 is 10.0 Å². The molecule has 0 aromatic carbocycles. The van der Waals surface area contributed by atoms with Crippen molar-refractivity contribution in [1.82, 2.24) is 4.98 Å². The van der Waals surface area contributed by atoms with Gasteiger partial charge in [0.15, 0.2) is 5.13 Å². The molecule has 3 nitrogen and oxygen atoms in total. The topological polar surface area (TPSA) is 36.4 Å². The lowest BCUT2D eigenvalue weighted by atomic mass is 9.77. The van der Waals surface area contributed by atoms with Crippen LogP contribution in [0.4, 0.5) is 18.3 Å². The van der Waals surface area contributed by atoms with Gasteiger partial charge in [0.05, 0.1) is 16.7 Å². The van der Waals surface area contributed by atoms with Gasteiger partial charge in [0.25, 0.3) is 0 Å². The number of aliphatic hydroxyl groups excluding tert-OH is 1. The second-order valence-corrected chi connectivity index (χ2v) is 7.01. The molecule has 0 fully saturated rings. The van der Waals surface area contributed by atoms with Crippen molar-refractivity contribution in [1.29, 1.82) is 0 Å². The van der Waals surface area contributed by atoms with Crippen LogP contribution in [0.3, 0.4) is 0 Å². The van der Waals surface area contributed by atoms with Gasteiger partial charge in [0.2, 0.25) is 0 Å². The number of rotatable bonds is 3. The summed E-state index contributed by atoms with van der Waals surface area (Å²) >= 11 is 1.18. The van der Waals surface area contributed by atoms with Crippen LogP contribution < -0.4 is 4.90 Å². The summed E-state index contributed by atoms with van der Waals surface area (Å²) in [6.07, 6.45) is -3.56. The third-order valence-electron chi connectivity index (χ3n) is 3.43. The quantitative estimate of drug-likeness (QED) is 0.928. The highest BCUT2D eigenvalue weighted by molar-refractivity contribution is 7.15. The molecule has 7 heteroatoms. The maximum Gasteiger partial charge on any atom is 0.406 e. The Bertz CT molecular complexity index is 484. The summed E-state index contributed by atoms with van der Waals surface area (Å²) in [7, 11) is 0. The SMILES string of the molecule is CCN(CC(F)(F)F)c1nc2c(s1)C(O)CC(C)(C)C2. The summed E-state index contributed by atoms with van der Waals surface area (Å²) in [5.74, 6) is 0. The van der Waals surface area contributed by atoms with E-state index in [2.05, 4.69) is 4.98 Å². The van der Waals surface area contributed by atoms with Crippen LogP contribution in [0, 0.1) is 5.41 Å². The molecule has 1 heterocycles. The number of alkyl halides is 3. The largest absolute Gasteiger partial charge is 0.406 e. The standard InChI is InChI=1S/C13H19F3N2OS/c1-4-18(7-13(14,15)16)11-17-8-5-12(2,3)6-9(19)10(8)20-11/h9,19H,4-7H2,1-3H3. The van der Waals surface area contributed by atoms with Crippen LogP contribution >= 0.6 is 11.3 Å². The van der Waals surface area contributed by atoms with E-state index >= 15 is 0 Å². The first-order valence-corrected chi connectivity index (χ1v) is 7.42. The lowest BCUT2D eigenvalue weighted by molar-refractivity contribution is -0.119. The molecule has 0 spiro atoms. The average Bonchev–Trinajstić information content (AvgIpc) is 2.66. The van der Waals surface area contributed by atoms with E-state index in [1.807, 2.05) is 13.8 Å². The lowest BCUT2D eigenvalue weighted by Crippen LogP contribution is -2.34. The molecule has 0 aliphatic heterocycles.